The van der Waals surface area contributed by atoms with E-state index >= 15 is 0 Å². The predicted octanol–water partition coefficient (Wildman–Crippen LogP) is 0.634. The van der Waals surface area contributed by atoms with E-state index in [-0.39, 0.29) is 5.91 Å². The lowest BCUT2D eigenvalue weighted by molar-refractivity contribution is 0.0710. The molecule has 2 heterocycles. The SMILES string of the molecule is CN(C(=O)c1cncn1C)C1CCCNCC1. The zero-order chi connectivity index (χ0) is 12.3. The van der Waals surface area contributed by atoms with Crippen LogP contribution in [0.25, 0.3) is 0 Å². The molecule has 5 heteroatoms. The zero-order valence-electron chi connectivity index (χ0n) is 10.5. The van der Waals surface area contributed by atoms with E-state index in [1.807, 2.05) is 19.0 Å². The van der Waals surface area contributed by atoms with Crippen LogP contribution < -0.4 is 5.32 Å². The van der Waals surface area contributed by atoms with Gasteiger partial charge in [-0.2, -0.15) is 0 Å². The number of nitrogens with zero attached hydrogens (tertiary/aromatic N) is 3. The molecule has 1 saturated heterocycles. The van der Waals surface area contributed by atoms with Crippen molar-refractivity contribution in [3.05, 3.63) is 18.2 Å². The van der Waals surface area contributed by atoms with Crippen LogP contribution in [0.3, 0.4) is 0 Å². The number of hydrogen-bond donors (Lipinski definition) is 1. The topological polar surface area (TPSA) is 50.2 Å². The molecular weight excluding hydrogens is 216 g/mol. The molecule has 0 radical (unpaired) electrons. The van der Waals surface area contributed by atoms with Crippen LogP contribution in [0.5, 0.6) is 0 Å². The van der Waals surface area contributed by atoms with Gasteiger partial charge in [-0.15, -0.1) is 0 Å². The van der Waals surface area contributed by atoms with Crippen molar-refractivity contribution in [3.63, 3.8) is 0 Å². The molecule has 0 bridgehead atoms. The summed E-state index contributed by atoms with van der Waals surface area (Å²) in [5.74, 6) is 0.0666. The number of hydrogen-bond acceptors (Lipinski definition) is 3. The van der Waals surface area contributed by atoms with Crippen LogP contribution in [0.15, 0.2) is 12.5 Å². The summed E-state index contributed by atoms with van der Waals surface area (Å²) in [5, 5.41) is 3.36. The lowest BCUT2D eigenvalue weighted by Crippen LogP contribution is -2.38. The van der Waals surface area contributed by atoms with Gasteiger partial charge in [-0.1, -0.05) is 0 Å². The van der Waals surface area contributed by atoms with Crippen LogP contribution in [0.4, 0.5) is 0 Å². The monoisotopic (exact) mass is 236 g/mol. The Labute approximate surface area is 102 Å². The van der Waals surface area contributed by atoms with Gasteiger partial charge in [0.25, 0.3) is 5.91 Å². The van der Waals surface area contributed by atoms with E-state index in [0.29, 0.717) is 11.7 Å². The Morgan fingerprint density at radius 1 is 1.53 bits per heavy atom. The maximum atomic E-state index is 12.3. The van der Waals surface area contributed by atoms with Gasteiger partial charge in [0.05, 0.1) is 12.5 Å². The van der Waals surface area contributed by atoms with Gasteiger partial charge in [0.2, 0.25) is 0 Å². The minimum Gasteiger partial charge on any atom is -0.337 e. The third-order valence-electron chi connectivity index (χ3n) is 3.45. The van der Waals surface area contributed by atoms with E-state index < -0.39 is 0 Å². The summed E-state index contributed by atoms with van der Waals surface area (Å²) in [4.78, 5) is 18.1. The molecule has 1 aromatic rings. The summed E-state index contributed by atoms with van der Waals surface area (Å²) in [5.41, 5.74) is 0.657. The second-order valence-electron chi connectivity index (χ2n) is 4.64. The van der Waals surface area contributed by atoms with Crippen molar-refractivity contribution in [1.82, 2.24) is 19.8 Å². The van der Waals surface area contributed by atoms with Gasteiger partial charge in [0.1, 0.15) is 5.69 Å². The summed E-state index contributed by atoms with van der Waals surface area (Å²) in [6.07, 6.45) is 6.53. The molecule has 17 heavy (non-hydrogen) atoms. The molecule has 2 rings (SSSR count). The molecule has 1 unspecified atom stereocenters. The third-order valence-corrected chi connectivity index (χ3v) is 3.45. The molecule has 0 spiro atoms. The molecule has 94 valence electrons. The van der Waals surface area contributed by atoms with Crippen LogP contribution >= 0.6 is 0 Å². The first kappa shape index (κ1) is 12.1. The fourth-order valence-electron chi connectivity index (χ4n) is 2.30. The summed E-state index contributed by atoms with van der Waals surface area (Å²) >= 11 is 0. The number of carbonyl (C=O) groups is 1. The number of aryl methyl sites for hydroxylation is 1. The van der Waals surface area contributed by atoms with E-state index in [0.717, 1.165) is 32.4 Å². The van der Waals surface area contributed by atoms with E-state index in [1.165, 1.54) is 0 Å². The first-order chi connectivity index (χ1) is 8.20. The summed E-state index contributed by atoms with van der Waals surface area (Å²) in [6, 6.07) is 0.340. The van der Waals surface area contributed by atoms with Gasteiger partial charge in [-0.3, -0.25) is 4.79 Å². The summed E-state index contributed by atoms with van der Waals surface area (Å²) in [6.45, 7) is 2.05. The first-order valence-corrected chi connectivity index (χ1v) is 6.14. The molecule has 1 N–H and O–H groups in total. The fraction of sp³-hybridized carbons (Fsp3) is 0.667. The summed E-state index contributed by atoms with van der Waals surface area (Å²) in [7, 11) is 3.74. The predicted molar refractivity (Wildman–Crippen MR) is 65.8 cm³/mol. The molecular formula is C12H20N4O. The van der Waals surface area contributed by atoms with Crippen molar-refractivity contribution >= 4 is 5.91 Å². The molecule has 1 aromatic heterocycles. The Balaban J connectivity index is 2.06. The number of aromatic nitrogens is 2. The lowest BCUT2D eigenvalue weighted by Gasteiger charge is -2.26. The van der Waals surface area contributed by atoms with Gasteiger partial charge >= 0.3 is 0 Å². The van der Waals surface area contributed by atoms with Crippen molar-refractivity contribution in [2.24, 2.45) is 7.05 Å². The van der Waals surface area contributed by atoms with Crippen LogP contribution in [0, 0.1) is 0 Å². The Hall–Kier alpha value is -1.36. The Bertz CT molecular complexity index is 380. The first-order valence-electron chi connectivity index (χ1n) is 6.14. The second-order valence-corrected chi connectivity index (χ2v) is 4.64. The van der Waals surface area contributed by atoms with Crippen LogP contribution in [0.2, 0.25) is 0 Å². The Kier molecular flexibility index (Phi) is 3.78. The smallest absolute Gasteiger partial charge is 0.272 e. The minimum atomic E-state index is 0.0666. The molecule has 1 atom stereocenters. The van der Waals surface area contributed by atoms with Crippen molar-refractivity contribution in [2.75, 3.05) is 20.1 Å². The molecule has 1 fully saturated rings. The second kappa shape index (κ2) is 5.31. The minimum absolute atomic E-state index is 0.0666. The van der Waals surface area contributed by atoms with E-state index in [4.69, 9.17) is 0 Å². The third kappa shape index (κ3) is 2.66. The molecule has 1 amide bonds. The van der Waals surface area contributed by atoms with Crippen molar-refractivity contribution in [1.29, 1.82) is 0 Å². The highest BCUT2D eigenvalue weighted by Crippen LogP contribution is 2.14. The molecule has 1 aliphatic rings. The molecule has 5 nitrogen and oxygen atoms in total. The maximum absolute atomic E-state index is 12.3. The molecule has 0 aromatic carbocycles. The summed E-state index contributed by atoms with van der Waals surface area (Å²) < 4.78 is 1.77. The average Bonchev–Trinajstić information content (AvgIpc) is 2.60. The zero-order valence-corrected chi connectivity index (χ0v) is 10.5. The van der Waals surface area contributed by atoms with Crippen LogP contribution in [0.1, 0.15) is 29.8 Å². The molecule has 1 aliphatic heterocycles. The Morgan fingerprint density at radius 2 is 2.35 bits per heavy atom. The van der Waals surface area contributed by atoms with Gasteiger partial charge in [-0.25, -0.2) is 4.98 Å². The fourth-order valence-corrected chi connectivity index (χ4v) is 2.30. The van der Waals surface area contributed by atoms with E-state index in [9.17, 15) is 4.79 Å². The van der Waals surface area contributed by atoms with Crippen molar-refractivity contribution in [3.8, 4) is 0 Å². The van der Waals surface area contributed by atoms with Crippen molar-refractivity contribution in [2.45, 2.75) is 25.3 Å². The molecule has 0 aliphatic carbocycles. The highest BCUT2D eigenvalue weighted by Gasteiger charge is 2.23. The van der Waals surface area contributed by atoms with Gasteiger partial charge < -0.3 is 14.8 Å². The standard InChI is InChI=1S/C12H20N4O/c1-15-9-14-8-11(15)12(17)16(2)10-4-3-6-13-7-5-10/h8-10,13H,3-7H2,1-2H3. The normalized spacial score (nSPS) is 20.9. The Morgan fingerprint density at radius 3 is 3.06 bits per heavy atom. The van der Waals surface area contributed by atoms with Gasteiger partial charge in [0, 0.05) is 20.1 Å². The largest absolute Gasteiger partial charge is 0.337 e. The van der Waals surface area contributed by atoms with Crippen LogP contribution in [-0.4, -0.2) is 46.5 Å². The number of nitrogens with one attached hydrogen (secondary N) is 1. The number of carbonyl (C=O) groups excluding carboxylic acids is 1. The quantitative estimate of drug-likeness (QED) is 0.819. The van der Waals surface area contributed by atoms with Crippen molar-refractivity contribution < 1.29 is 4.79 Å². The van der Waals surface area contributed by atoms with Crippen LogP contribution in [-0.2, 0) is 7.05 Å². The van der Waals surface area contributed by atoms with E-state index in [1.54, 1.807) is 17.1 Å². The van der Waals surface area contributed by atoms with E-state index in [2.05, 4.69) is 10.3 Å². The average molecular weight is 236 g/mol. The number of imidazole rings is 1. The number of rotatable bonds is 2. The molecule has 0 saturated carbocycles. The highest BCUT2D eigenvalue weighted by molar-refractivity contribution is 5.92. The highest BCUT2D eigenvalue weighted by atomic mass is 16.2. The lowest BCUT2D eigenvalue weighted by atomic mass is 10.1. The number of amides is 1. The van der Waals surface area contributed by atoms with Gasteiger partial charge in [-0.05, 0) is 32.4 Å². The van der Waals surface area contributed by atoms with Gasteiger partial charge in [0.15, 0.2) is 0 Å². The maximum Gasteiger partial charge on any atom is 0.272 e.